The van der Waals surface area contributed by atoms with Crippen LogP contribution in [0.1, 0.15) is 22.2 Å². The van der Waals surface area contributed by atoms with Gasteiger partial charge in [0.2, 0.25) is 5.88 Å². The maximum atomic E-state index is 10.8. The minimum absolute atomic E-state index is 0.125. The molecule has 1 aromatic carbocycles. The fourth-order valence-electron chi connectivity index (χ4n) is 1.46. The molecule has 2 aromatic rings. The van der Waals surface area contributed by atoms with Crippen molar-refractivity contribution >= 4 is 17.3 Å². The van der Waals surface area contributed by atoms with E-state index in [-0.39, 0.29) is 4.88 Å². The molecule has 0 aliphatic heterocycles. The van der Waals surface area contributed by atoms with Gasteiger partial charge in [-0.05, 0) is 12.0 Å². The summed E-state index contributed by atoms with van der Waals surface area (Å²) in [6.45, 7) is 2.06. The van der Waals surface area contributed by atoms with E-state index in [0.29, 0.717) is 5.01 Å². The van der Waals surface area contributed by atoms with Crippen LogP contribution in [0.3, 0.4) is 0 Å². The van der Waals surface area contributed by atoms with Crippen LogP contribution in [0.25, 0.3) is 10.6 Å². The Kier molecular flexibility index (Phi) is 3.10. The monoisotopic (exact) mass is 249 g/mol. The average Bonchev–Trinajstić information content (AvgIpc) is 2.71. The van der Waals surface area contributed by atoms with Gasteiger partial charge in [-0.3, -0.25) is 0 Å². The number of nitrogens with zero attached hydrogens (tertiary/aromatic N) is 1. The topological polar surface area (TPSA) is 70.4 Å². The molecular weight excluding hydrogens is 238 g/mol. The third kappa shape index (κ3) is 2.29. The summed E-state index contributed by atoms with van der Waals surface area (Å²) in [6.07, 6.45) is 0.948. The van der Waals surface area contributed by atoms with Crippen LogP contribution in [0.5, 0.6) is 5.88 Å². The van der Waals surface area contributed by atoms with Crippen LogP contribution in [-0.2, 0) is 6.42 Å². The SMILES string of the molecule is CCc1ccc(-c2nc(O)c(C(=O)O)s2)cc1. The molecule has 1 heterocycles. The number of aryl methyl sites for hydroxylation is 1. The molecule has 0 saturated heterocycles. The standard InChI is InChI=1S/C12H11NO3S/c1-2-7-3-5-8(6-4-7)11-13-10(14)9(17-11)12(15)16/h3-6,14H,2H2,1H3,(H,15,16). The molecule has 0 radical (unpaired) electrons. The predicted octanol–water partition coefficient (Wildman–Crippen LogP) is 2.78. The molecule has 0 amide bonds. The van der Waals surface area contributed by atoms with Gasteiger partial charge in [0.05, 0.1) is 0 Å². The Labute approximate surface area is 102 Å². The van der Waals surface area contributed by atoms with Crippen LogP contribution < -0.4 is 0 Å². The maximum Gasteiger partial charge on any atom is 0.351 e. The van der Waals surface area contributed by atoms with Gasteiger partial charge in [-0.2, -0.15) is 0 Å². The van der Waals surface area contributed by atoms with Crippen molar-refractivity contribution in [3.05, 3.63) is 34.7 Å². The van der Waals surface area contributed by atoms with Crippen LogP contribution in [0.2, 0.25) is 0 Å². The molecule has 4 nitrogen and oxygen atoms in total. The van der Waals surface area contributed by atoms with E-state index in [1.165, 1.54) is 5.56 Å². The number of rotatable bonds is 3. The Morgan fingerprint density at radius 2 is 2.00 bits per heavy atom. The smallest absolute Gasteiger partial charge is 0.351 e. The van der Waals surface area contributed by atoms with Crippen molar-refractivity contribution in [2.24, 2.45) is 0 Å². The lowest BCUT2D eigenvalue weighted by Gasteiger charge is -1.98. The van der Waals surface area contributed by atoms with Gasteiger partial charge in [-0.1, -0.05) is 31.2 Å². The van der Waals surface area contributed by atoms with Crippen LogP contribution in [0.4, 0.5) is 0 Å². The lowest BCUT2D eigenvalue weighted by molar-refractivity contribution is 0.0699. The summed E-state index contributed by atoms with van der Waals surface area (Å²) < 4.78 is 0. The highest BCUT2D eigenvalue weighted by Gasteiger charge is 2.17. The highest BCUT2D eigenvalue weighted by Crippen LogP contribution is 2.31. The lowest BCUT2D eigenvalue weighted by Crippen LogP contribution is -1.91. The fourth-order valence-corrected chi connectivity index (χ4v) is 2.26. The first-order valence-electron chi connectivity index (χ1n) is 5.14. The van der Waals surface area contributed by atoms with Gasteiger partial charge in [0, 0.05) is 5.56 Å². The predicted molar refractivity (Wildman–Crippen MR) is 65.6 cm³/mol. The van der Waals surface area contributed by atoms with Crippen molar-refractivity contribution < 1.29 is 15.0 Å². The van der Waals surface area contributed by atoms with Gasteiger partial charge in [0.15, 0.2) is 4.88 Å². The first-order chi connectivity index (χ1) is 8.11. The van der Waals surface area contributed by atoms with Crippen molar-refractivity contribution in [1.29, 1.82) is 0 Å². The molecule has 1 aromatic heterocycles. The minimum Gasteiger partial charge on any atom is -0.492 e. The van der Waals surface area contributed by atoms with E-state index >= 15 is 0 Å². The molecule has 0 bridgehead atoms. The number of thiazole rings is 1. The summed E-state index contributed by atoms with van der Waals surface area (Å²) in [5.41, 5.74) is 2.02. The number of hydrogen-bond donors (Lipinski definition) is 2. The Balaban J connectivity index is 2.39. The molecule has 0 aliphatic carbocycles. The number of benzene rings is 1. The molecule has 0 spiro atoms. The molecule has 2 rings (SSSR count). The number of aromatic hydroxyl groups is 1. The minimum atomic E-state index is -1.16. The zero-order chi connectivity index (χ0) is 12.4. The van der Waals surface area contributed by atoms with Crippen molar-refractivity contribution in [3.8, 4) is 16.5 Å². The van der Waals surface area contributed by atoms with Crippen LogP contribution in [0.15, 0.2) is 24.3 Å². The van der Waals surface area contributed by atoms with E-state index < -0.39 is 11.8 Å². The molecule has 0 saturated carbocycles. The van der Waals surface area contributed by atoms with Crippen LogP contribution >= 0.6 is 11.3 Å². The molecule has 0 unspecified atom stereocenters. The summed E-state index contributed by atoms with van der Waals surface area (Å²) in [6, 6.07) is 7.69. The number of carboxylic acid groups (broad SMARTS) is 1. The first-order valence-corrected chi connectivity index (χ1v) is 5.96. The molecule has 0 aliphatic rings. The van der Waals surface area contributed by atoms with E-state index in [4.69, 9.17) is 5.11 Å². The Morgan fingerprint density at radius 3 is 2.47 bits per heavy atom. The van der Waals surface area contributed by atoms with Gasteiger partial charge in [0.25, 0.3) is 0 Å². The second-order valence-corrected chi connectivity index (χ2v) is 4.53. The van der Waals surface area contributed by atoms with Gasteiger partial charge in [-0.25, -0.2) is 9.78 Å². The number of carbonyl (C=O) groups is 1. The van der Waals surface area contributed by atoms with Crippen LogP contribution in [0, 0.1) is 0 Å². The summed E-state index contributed by atoms with van der Waals surface area (Å²) in [4.78, 5) is 14.5. The number of hydrogen-bond acceptors (Lipinski definition) is 4. The molecule has 88 valence electrons. The number of aromatic carboxylic acids is 1. The van der Waals surface area contributed by atoms with Gasteiger partial charge in [0.1, 0.15) is 5.01 Å². The Bertz CT molecular complexity index is 545. The van der Waals surface area contributed by atoms with Crippen molar-refractivity contribution in [3.63, 3.8) is 0 Å². The first kappa shape index (κ1) is 11.6. The molecule has 0 fully saturated rings. The second-order valence-electron chi connectivity index (χ2n) is 3.53. The third-order valence-corrected chi connectivity index (χ3v) is 3.49. The van der Waals surface area contributed by atoms with E-state index in [2.05, 4.69) is 11.9 Å². The molecule has 2 N–H and O–H groups in total. The zero-order valence-electron chi connectivity index (χ0n) is 9.17. The summed E-state index contributed by atoms with van der Waals surface area (Å²) >= 11 is 0.974. The zero-order valence-corrected chi connectivity index (χ0v) is 9.99. The van der Waals surface area contributed by atoms with Crippen molar-refractivity contribution in [2.75, 3.05) is 0 Å². The van der Waals surface area contributed by atoms with Crippen LogP contribution in [-0.4, -0.2) is 21.2 Å². The van der Waals surface area contributed by atoms with E-state index in [0.717, 1.165) is 23.3 Å². The molecule has 0 atom stereocenters. The third-order valence-electron chi connectivity index (χ3n) is 2.41. The fraction of sp³-hybridized carbons (Fsp3) is 0.167. The highest BCUT2D eigenvalue weighted by atomic mass is 32.1. The maximum absolute atomic E-state index is 10.8. The van der Waals surface area contributed by atoms with Gasteiger partial charge >= 0.3 is 5.97 Å². The van der Waals surface area contributed by atoms with Gasteiger partial charge < -0.3 is 10.2 Å². The van der Waals surface area contributed by atoms with E-state index in [1.807, 2.05) is 24.3 Å². The average molecular weight is 249 g/mol. The normalized spacial score (nSPS) is 10.4. The summed E-state index contributed by atoms with van der Waals surface area (Å²) in [7, 11) is 0. The molecule has 5 heteroatoms. The van der Waals surface area contributed by atoms with E-state index in [9.17, 15) is 9.90 Å². The number of carboxylic acids is 1. The Morgan fingerprint density at radius 1 is 1.35 bits per heavy atom. The molecular formula is C12H11NO3S. The number of aromatic nitrogens is 1. The van der Waals surface area contributed by atoms with Crippen molar-refractivity contribution in [2.45, 2.75) is 13.3 Å². The van der Waals surface area contributed by atoms with E-state index in [1.54, 1.807) is 0 Å². The van der Waals surface area contributed by atoms with Crippen molar-refractivity contribution in [1.82, 2.24) is 4.98 Å². The summed E-state index contributed by atoms with van der Waals surface area (Å²) in [5, 5.41) is 18.7. The molecule has 17 heavy (non-hydrogen) atoms. The highest BCUT2D eigenvalue weighted by molar-refractivity contribution is 7.17. The second kappa shape index (κ2) is 4.55. The van der Waals surface area contributed by atoms with Gasteiger partial charge in [-0.15, -0.1) is 11.3 Å². The quantitative estimate of drug-likeness (QED) is 0.877. The largest absolute Gasteiger partial charge is 0.492 e. The summed E-state index contributed by atoms with van der Waals surface area (Å²) in [5.74, 6) is -1.58. The Hall–Kier alpha value is -1.88. The lowest BCUT2D eigenvalue weighted by atomic mass is 10.1.